The monoisotopic (exact) mass is 358 g/mol. The number of nitrogens with one attached hydrogen (secondary N) is 1. The Kier molecular flexibility index (Phi) is 6.35. The van der Waals surface area contributed by atoms with Gasteiger partial charge >= 0.3 is 31.1 Å². The normalized spacial score (nSPS) is 11.6. The van der Waals surface area contributed by atoms with Crippen molar-refractivity contribution in [2.75, 3.05) is 19.8 Å². The zero-order valence-corrected chi connectivity index (χ0v) is 11.8. The summed E-state index contributed by atoms with van der Waals surface area (Å²) in [5, 5.41) is 6.60. The maximum absolute atomic E-state index is 12.2. The maximum Gasteiger partial charge on any atom is 0.422 e. The lowest BCUT2D eigenvalue weighted by Crippen LogP contribution is -2.21. The Balaban J connectivity index is 3.00. The molecule has 0 saturated heterocycles. The van der Waals surface area contributed by atoms with E-state index in [1.165, 1.54) is 0 Å². The number of esters is 1. The predicted octanol–water partition coefficient (Wildman–Crippen LogP) is 3.25. The summed E-state index contributed by atoms with van der Waals surface area (Å²) in [5.74, 6) is -2.18. The minimum Gasteiger partial charge on any atom is -0.484 e. The standard InChI is InChI=1S/C13H10F6NO4/c14-12(15,16)6-23-8-1-2-10(24-7-13(17,18)19)9(5-8)11(21)22-4-3-20/h1-2,5,20H,4,6-7H2/q+1. The van der Waals surface area contributed by atoms with Gasteiger partial charge in [0.2, 0.25) is 0 Å². The summed E-state index contributed by atoms with van der Waals surface area (Å²) in [5.41, 5.74) is -0.575. The smallest absolute Gasteiger partial charge is 0.422 e. The van der Waals surface area contributed by atoms with Crippen LogP contribution in [0.4, 0.5) is 26.3 Å². The summed E-state index contributed by atoms with van der Waals surface area (Å²) >= 11 is 0. The Morgan fingerprint density at radius 3 is 2.17 bits per heavy atom. The molecule has 0 radical (unpaired) electrons. The molecule has 0 heterocycles. The van der Waals surface area contributed by atoms with Gasteiger partial charge in [-0.2, -0.15) is 26.3 Å². The molecule has 0 amide bonds. The highest BCUT2D eigenvalue weighted by Crippen LogP contribution is 2.28. The van der Waals surface area contributed by atoms with Crippen LogP contribution < -0.4 is 9.47 Å². The van der Waals surface area contributed by atoms with Gasteiger partial charge < -0.3 is 14.2 Å². The molecule has 11 heteroatoms. The molecule has 0 spiro atoms. The number of carbonyl (C=O) groups excluding carboxylic acids is 1. The van der Waals surface area contributed by atoms with E-state index in [2.05, 4.69) is 14.2 Å². The molecule has 24 heavy (non-hydrogen) atoms. The van der Waals surface area contributed by atoms with Crippen LogP contribution in [0.25, 0.3) is 0 Å². The quantitative estimate of drug-likeness (QED) is 0.352. The van der Waals surface area contributed by atoms with Crippen molar-refractivity contribution in [3.8, 4) is 11.5 Å². The Morgan fingerprint density at radius 1 is 1.04 bits per heavy atom. The average molecular weight is 358 g/mol. The van der Waals surface area contributed by atoms with Crippen molar-refractivity contribution in [2.45, 2.75) is 12.4 Å². The molecule has 1 aromatic carbocycles. The second-order valence-corrected chi connectivity index (χ2v) is 4.22. The Labute approximate surface area is 131 Å². The molecule has 0 saturated carbocycles. The summed E-state index contributed by atoms with van der Waals surface area (Å²) in [6.45, 7) is -3.96. The number of hydrogen-bond acceptors (Lipinski definition) is 5. The lowest BCUT2D eigenvalue weighted by Gasteiger charge is -2.14. The number of carbonyl (C=O) groups is 1. The lowest BCUT2D eigenvalue weighted by molar-refractivity contribution is -0.154. The van der Waals surface area contributed by atoms with Gasteiger partial charge in [0.1, 0.15) is 17.1 Å². The van der Waals surface area contributed by atoms with Crippen LogP contribution in [0.15, 0.2) is 18.2 Å². The third kappa shape index (κ3) is 7.14. The molecule has 0 unspecified atom stereocenters. The molecule has 0 aliphatic rings. The average Bonchev–Trinajstić information content (AvgIpc) is 2.47. The van der Waals surface area contributed by atoms with Gasteiger partial charge in [0.15, 0.2) is 13.2 Å². The first-order valence-corrected chi connectivity index (χ1v) is 6.12. The fourth-order valence-corrected chi connectivity index (χ4v) is 1.39. The highest BCUT2D eigenvalue weighted by atomic mass is 19.4. The van der Waals surface area contributed by atoms with Gasteiger partial charge in [0.05, 0.1) is 0 Å². The van der Waals surface area contributed by atoms with Crippen molar-refractivity contribution in [1.29, 1.82) is 5.41 Å². The first kappa shape index (κ1) is 19.5. The summed E-state index contributed by atoms with van der Waals surface area (Å²) in [7, 11) is 0. The zero-order chi connectivity index (χ0) is 18.4. The van der Waals surface area contributed by atoms with Crippen LogP contribution in [-0.4, -0.2) is 44.4 Å². The van der Waals surface area contributed by atoms with Crippen LogP contribution in [0.5, 0.6) is 11.5 Å². The van der Waals surface area contributed by atoms with Gasteiger partial charge in [0, 0.05) is 0 Å². The van der Waals surface area contributed by atoms with E-state index in [-0.39, 0.29) is 0 Å². The molecule has 0 fully saturated rings. The molecule has 5 nitrogen and oxygen atoms in total. The van der Waals surface area contributed by atoms with Crippen molar-refractivity contribution >= 4 is 12.2 Å². The molecule has 0 aliphatic heterocycles. The fourth-order valence-electron chi connectivity index (χ4n) is 1.39. The van der Waals surface area contributed by atoms with Crippen LogP contribution >= 0.6 is 0 Å². The van der Waals surface area contributed by atoms with Crippen LogP contribution in [0.2, 0.25) is 0 Å². The van der Waals surface area contributed by atoms with Crippen molar-refractivity contribution in [3.05, 3.63) is 23.8 Å². The summed E-state index contributed by atoms with van der Waals surface area (Å²) in [6, 6.07) is 2.52. The molecule has 0 aliphatic carbocycles. The van der Waals surface area contributed by atoms with Crippen molar-refractivity contribution in [2.24, 2.45) is 0 Å². The van der Waals surface area contributed by atoms with E-state index < -0.39 is 55.2 Å². The highest BCUT2D eigenvalue weighted by molar-refractivity contribution is 5.93. The molecular formula is C13H10F6NO4+. The maximum atomic E-state index is 12.2. The first-order chi connectivity index (χ1) is 11.0. The molecule has 132 valence electrons. The largest absolute Gasteiger partial charge is 0.484 e. The fraction of sp³-hybridized carbons (Fsp3) is 0.385. The van der Waals surface area contributed by atoms with Gasteiger partial charge in [-0.3, -0.25) is 0 Å². The van der Waals surface area contributed by atoms with Gasteiger partial charge in [-0.15, -0.1) is 0 Å². The van der Waals surface area contributed by atoms with E-state index in [1.54, 1.807) is 6.21 Å². The van der Waals surface area contributed by atoms with Crippen LogP contribution in [0.1, 0.15) is 10.4 Å². The van der Waals surface area contributed by atoms with Crippen LogP contribution in [0.3, 0.4) is 0 Å². The summed E-state index contributed by atoms with van der Waals surface area (Å²) < 4.78 is 86.2. The number of benzene rings is 1. The topological polar surface area (TPSA) is 68.6 Å². The second kappa shape index (κ2) is 7.82. The Morgan fingerprint density at radius 2 is 1.62 bits per heavy atom. The predicted molar refractivity (Wildman–Crippen MR) is 67.6 cm³/mol. The van der Waals surface area contributed by atoms with Gasteiger partial charge in [-0.25, -0.2) is 4.79 Å². The third-order valence-electron chi connectivity index (χ3n) is 2.24. The van der Waals surface area contributed by atoms with Crippen molar-refractivity contribution in [3.63, 3.8) is 0 Å². The van der Waals surface area contributed by atoms with Gasteiger partial charge in [0.25, 0.3) is 0 Å². The molecule has 0 bridgehead atoms. The Bertz CT molecular complexity index is 585. The number of rotatable bonds is 7. The molecule has 1 N–H and O–H groups in total. The van der Waals surface area contributed by atoms with Crippen molar-refractivity contribution in [1.82, 2.24) is 0 Å². The molecule has 0 atom stereocenters. The zero-order valence-electron chi connectivity index (χ0n) is 11.8. The summed E-state index contributed by atoms with van der Waals surface area (Å²) in [4.78, 5) is 11.7. The van der Waals surface area contributed by atoms with E-state index in [1.807, 2.05) is 0 Å². The third-order valence-corrected chi connectivity index (χ3v) is 2.24. The van der Waals surface area contributed by atoms with Crippen LogP contribution in [0, 0.1) is 5.41 Å². The SMILES string of the molecule is N=[C+]COC(=O)c1cc(OCC(F)(F)F)ccc1OCC(F)(F)F. The van der Waals surface area contributed by atoms with Gasteiger partial charge in [-0.05, 0) is 18.2 Å². The highest BCUT2D eigenvalue weighted by Gasteiger charge is 2.31. The number of ether oxygens (including phenoxy) is 3. The molecule has 0 aromatic heterocycles. The van der Waals surface area contributed by atoms with E-state index in [4.69, 9.17) is 5.41 Å². The van der Waals surface area contributed by atoms with E-state index >= 15 is 0 Å². The molecular weight excluding hydrogens is 348 g/mol. The summed E-state index contributed by atoms with van der Waals surface area (Å²) in [6.07, 6.45) is -7.61. The number of halogens is 6. The number of hydrogen-bond donors (Lipinski definition) is 1. The second-order valence-electron chi connectivity index (χ2n) is 4.22. The van der Waals surface area contributed by atoms with Crippen LogP contribution in [-0.2, 0) is 4.74 Å². The van der Waals surface area contributed by atoms with Crippen molar-refractivity contribution < 1.29 is 45.3 Å². The minimum absolute atomic E-state index is 0.419. The van der Waals surface area contributed by atoms with E-state index in [9.17, 15) is 31.1 Å². The van der Waals surface area contributed by atoms with E-state index in [0.717, 1.165) is 18.2 Å². The Hall–Kier alpha value is -2.55. The van der Waals surface area contributed by atoms with E-state index in [0.29, 0.717) is 0 Å². The minimum atomic E-state index is -4.69. The van der Waals surface area contributed by atoms with Gasteiger partial charge in [-0.1, -0.05) is 5.41 Å². The molecule has 1 rings (SSSR count). The number of alkyl halides is 6. The molecule has 1 aromatic rings. The lowest BCUT2D eigenvalue weighted by atomic mass is 10.2. The first-order valence-electron chi connectivity index (χ1n) is 6.12.